The molecule has 28 heavy (non-hydrogen) atoms. The number of nitrogens with zero attached hydrogens (tertiary/aromatic N) is 1. The van der Waals surface area contributed by atoms with E-state index in [1.165, 1.54) is 6.20 Å². The highest BCUT2D eigenvalue weighted by Gasteiger charge is 2.35. The summed E-state index contributed by atoms with van der Waals surface area (Å²) in [5, 5.41) is 2.71. The molecule has 2 N–H and O–H groups in total. The Morgan fingerprint density at radius 2 is 1.86 bits per heavy atom. The standard InChI is InChI=1S/C20H13F4N3O/c1-10-9-25-18(26-10)16(11-6-7-13(14(21)8-11)20(22,23)24)17-12-4-2-3-5-15(12)27-19(17)28/h2-9H,1H3,(H,25,26)(H,27,28). The van der Waals surface area contributed by atoms with Crippen LogP contribution in [0, 0.1) is 12.7 Å². The lowest BCUT2D eigenvalue weighted by Crippen LogP contribution is -2.10. The van der Waals surface area contributed by atoms with Crippen LogP contribution in [0.15, 0.2) is 48.7 Å². The zero-order valence-corrected chi connectivity index (χ0v) is 14.5. The van der Waals surface area contributed by atoms with E-state index in [1.54, 1.807) is 31.2 Å². The second-order valence-corrected chi connectivity index (χ2v) is 6.36. The monoisotopic (exact) mass is 387 g/mol. The van der Waals surface area contributed by atoms with Crippen molar-refractivity contribution in [2.24, 2.45) is 0 Å². The second-order valence-electron chi connectivity index (χ2n) is 6.36. The lowest BCUT2D eigenvalue weighted by molar-refractivity contribution is -0.140. The molecular weight excluding hydrogens is 374 g/mol. The fourth-order valence-electron chi connectivity index (χ4n) is 3.21. The molecule has 1 amide bonds. The van der Waals surface area contributed by atoms with Gasteiger partial charge in [-0.05, 0) is 30.7 Å². The molecule has 1 aromatic heterocycles. The molecule has 0 fully saturated rings. The number of para-hydroxylation sites is 1. The van der Waals surface area contributed by atoms with Crippen molar-refractivity contribution < 1.29 is 22.4 Å². The number of H-pyrrole nitrogens is 1. The first-order valence-corrected chi connectivity index (χ1v) is 8.30. The van der Waals surface area contributed by atoms with Gasteiger partial charge in [-0.15, -0.1) is 0 Å². The van der Waals surface area contributed by atoms with Crippen LogP contribution in [0.2, 0.25) is 0 Å². The lowest BCUT2D eigenvalue weighted by atomic mass is 9.94. The highest BCUT2D eigenvalue weighted by atomic mass is 19.4. The first kappa shape index (κ1) is 18.0. The third-order valence-corrected chi connectivity index (χ3v) is 4.42. The lowest BCUT2D eigenvalue weighted by Gasteiger charge is -2.13. The molecule has 2 aromatic carbocycles. The van der Waals surface area contributed by atoms with E-state index in [1.807, 2.05) is 0 Å². The van der Waals surface area contributed by atoms with Gasteiger partial charge in [0.1, 0.15) is 11.6 Å². The van der Waals surface area contributed by atoms with Gasteiger partial charge in [-0.3, -0.25) is 4.79 Å². The minimum Gasteiger partial charge on any atom is -0.342 e. The van der Waals surface area contributed by atoms with Gasteiger partial charge in [0.25, 0.3) is 5.91 Å². The predicted molar refractivity (Wildman–Crippen MR) is 95.7 cm³/mol. The van der Waals surface area contributed by atoms with Crippen LogP contribution in [0.3, 0.4) is 0 Å². The number of nitrogens with one attached hydrogen (secondary N) is 2. The molecule has 0 bridgehead atoms. The van der Waals surface area contributed by atoms with Gasteiger partial charge in [-0.1, -0.05) is 24.3 Å². The molecule has 0 spiro atoms. The van der Waals surface area contributed by atoms with Crippen molar-refractivity contribution in [2.45, 2.75) is 13.1 Å². The first-order valence-electron chi connectivity index (χ1n) is 8.30. The highest BCUT2D eigenvalue weighted by molar-refractivity contribution is 6.37. The summed E-state index contributed by atoms with van der Waals surface area (Å²) in [6, 6.07) is 9.47. The van der Waals surface area contributed by atoms with Crippen LogP contribution in [0.1, 0.15) is 28.2 Å². The molecule has 0 radical (unpaired) electrons. The van der Waals surface area contributed by atoms with E-state index in [9.17, 15) is 22.4 Å². The molecule has 0 saturated carbocycles. The maximum atomic E-state index is 14.2. The molecule has 1 aliphatic heterocycles. The molecular formula is C20H13F4N3O. The topological polar surface area (TPSA) is 57.8 Å². The number of anilines is 1. The second kappa shape index (κ2) is 6.33. The Kier molecular flexibility index (Phi) is 4.06. The summed E-state index contributed by atoms with van der Waals surface area (Å²) < 4.78 is 53.0. The van der Waals surface area contributed by atoms with Gasteiger partial charge in [0, 0.05) is 28.7 Å². The Morgan fingerprint density at radius 1 is 1.11 bits per heavy atom. The van der Waals surface area contributed by atoms with E-state index < -0.39 is 23.5 Å². The van der Waals surface area contributed by atoms with E-state index in [4.69, 9.17) is 0 Å². The molecule has 1 aliphatic rings. The zero-order chi connectivity index (χ0) is 20.1. The fourth-order valence-corrected chi connectivity index (χ4v) is 3.21. The Labute approximate surface area is 156 Å². The fraction of sp³-hybridized carbons (Fsp3) is 0.100. The number of carbonyl (C=O) groups excluding carboxylic acids is 1. The molecule has 0 aliphatic carbocycles. The van der Waals surface area contributed by atoms with Gasteiger partial charge in [-0.2, -0.15) is 13.2 Å². The number of rotatable bonds is 2. The van der Waals surface area contributed by atoms with Crippen LogP contribution in [-0.2, 0) is 11.0 Å². The largest absolute Gasteiger partial charge is 0.419 e. The normalized spacial score (nSPS) is 15.4. The number of carbonyl (C=O) groups is 1. The summed E-state index contributed by atoms with van der Waals surface area (Å²) in [7, 11) is 0. The number of aromatic amines is 1. The predicted octanol–water partition coefficient (Wildman–Crippen LogP) is 4.79. The van der Waals surface area contributed by atoms with Crippen molar-refractivity contribution in [3.63, 3.8) is 0 Å². The minimum atomic E-state index is -4.81. The van der Waals surface area contributed by atoms with Crippen LogP contribution in [0.5, 0.6) is 0 Å². The molecule has 0 unspecified atom stereocenters. The van der Waals surface area contributed by atoms with Crippen LogP contribution < -0.4 is 5.32 Å². The summed E-state index contributed by atoms with van der Waals surface area (Å²) in [5.74, 6) is -1.60. The molecule has 2 heterocycles. The highest BCUT2D eigenvalue weighted by Crippen LogP contribution is 2.40. The maximum Gasteiger partial charge on any atom is 0.419 e. The van der Waals surface area contributed by atoms with E-state index in [-0.39, 0.29) is 22.5 Å². The van der Waals surface area contributed by atoms with E-state index in [2.05, 4.69) is 15.3 Å². The number of fused-ring (bicyclic) bond motifs is 1. The number of hydrogen-bond acceptors (Lipinski definition) is 2. The molecule has 3 aromatic rings. The molecule has 0 atom stereocenters. The van der Waals surface area contributed by atoms with E-state index >= 15 is 0 Å². The first-order chi connectivity index (χ1) is 13.3. The zero-order valence-electron chi connectivity index (χ0n) is 14.5. The van der Waals surface area contributed by atoms with Gasteiger partial charge < -0.3 is 10.3 Å². The van der Waals surface area contributed by atoms with E-state index in [0.29, 0.717) is 23.0 Å². The quantitative estimate of drug-likeness (QED) is 0.491. The Balaban J connectivity index is 2.00. The van der Waals surface area contributed by atoms with E-state index in [0.717, 1.165) is 12.1 Å². The summed E-state index contributed by atoms with van der Waals surface area (Å²) in [6.45, 7) is 1.74. The van der Waals surface area contributed by atoms with Gasteiger partial charge in [0.2, 0.25) is 0 Å². The molecule has 4 nitrogen and oxygen atoms in total. The van der Waals surface area contributed by atoms with Crippen LogP contribution in [0.4, 0.5) is 23.2 Å². The van der Waals surface area contributed by atoms with Crippen molar-refractivity contribution in [3.8, 4) is 0 Å². The summed E-state index contributed by atoms with van der Waals surface area (Å²) in [6.07, 6.45) is -3.29. The Bertz CT molecular complexity index is 1130. The van der Waals surface area contributed by atoms with Gasteiger partial charge in [-0.25, -0.2) is 9.37 Å². The third kappa shape index (κ3) is 2.96. The summed E-state index contributed by atoms with van der Waals surface area (Å²) in [5.41, 5.74) is 1.00. The smallest absolute Gasteiger partial charge is 0.342 e. The number of benzene rings is 2. The number of alkyl halides is 3. The van der Waals surface area contributed by atoms with Crippen molar-refractivity contribution in [1.82, 2.24) is 9.97 Å². The molecule has 4 rings (SSSR count). The van der Waals surface area contributed by atoms with Gasteiger partial charge in [0.05, 0.1) is 11.1 Å². The number of hydrogen-bond donors (Lipinski definition) is 2. The third-order valence-electron chi connectivity index (χ3n) is 4.42. The minimum absolute atomic E-state index is 0.113. The summed E-state index contributed by atoms with van der Waals surface area (Å²) in [4.78, 5) is 19.8. The molecule has 0 saturated heterocycles. The number of halogens is 4. The van der Waals surface area contributed by atoms with Crippen molar-refractivity contribution in [2.75, 3.05) is 5.32 Å². The van der Waals surface area contributed by atoms with Gasteiger partial charge in [0.15, 0.2) is 0 Å². The van der Waals surface area contributed by atoms with Crippen LogP contribution >= 0.6 is 0 Å². The van der Waals surface area contributed by atoms with Crippen molar-refractivity contribution in [3.05, 3.63) is 82.7 Å². The average Bonchev–Trinajstić information content (AvgIpc) is 3.18. The Morgan fingerprint density at radius 3 is 2.50 bits per heavy atom. The maximum absolute atomic E-state index is 14.2. The molecule has 8 heteroatoms. The number of amides is 1. The number of aromatic nitrogens is 2. The number of aryl methyl sites for hydroxylation is 1. The SMILES string of the molecule is Cc1cnc(C(=C2C(=O)Nc3ccccc32)c2ccc(C(F)(F)F)c(F)c2)[nH]1. The van der Waals surface area contributed by atoms with Gasteiger partial charge >= 0.3 is 6.18 Å². The summed E-state index contributed by atoms with van der Waals surface area (Å²) >= 11 is 0. The number of imidazole rings is 1. The van der Waals surface area contributed by atoms with Crippen molar-refractivity contribution in [1.29, 1.82) is 0 Å². The van der Waals surface area contributed by atoms with Crippen LogP contribution in [-0.4, -0.2) is 15.9 Å². The molecule has 142 valence electrons. The Hall–Kier alpha value is -3.42. The van der Waals surface area contributed by atoms with Crippen LogP contribution in [0.25, 0.3) is 11.1 Å². The average molecular weight is 387 g/mol. The van der Waals surface area contributed by atoms with Crippen molar-refractivity contribution >= 4 is 22.7 Å².